The van der Waals surface area contributed by atoms with Crippen LogP contribution in [-0.4, -0.2) is 38.0 Å². The van der Waals surface area contributed by atoms with E-state index in [9.17, 15) is 4.79 Å². The number of anilines is 1. The first-order chi connectivity index (χ1) is 16.7. The number of pyridine rings is 1. The van der Waals surface area contributed by atoms with Crippen molar-refractivity contribution in [2.45, 2.75) is 38.6 Å². The predicted octanol–water partition coefficient (Wildman–Crippen LogP) is 3.07. The lowest BCUT2D eigenvalue weighted by Crippen LogP contribution is -2.20. The minimum absolute atomic E-state index is 0.0346. The largest absolute Gasteiger partial charge is 0.481 e. The third-order valence-electron chi connectivity index (χ3n) is 5.36. The molecule has 0 amide bonds. The molecule has 0 saturated heterocycles. The minimum atomic E-state index is -0.835. The van der Waals surface area contributed by atoms with Gasteiger partial charge in [-0.05, 0) is 36.8 Å². The first-order valence-corrected chi connectivity index (χ1v) is 10.8. The summed E-state index contributed by atoms with van der Waals surface area (Å²) in [5, 5.41) is 21.9. The van der Waals surface area contributed by atoms with Gasteiger partial charge >= 0.3 is 5.97 Å². The van der Waals surface area contributed by atoms with Gasteiger partial charge in [-0.2, -0.15) is 10.4 Å². The Kier molecular flexibility index (Phi) is 7.84. The van der Waals surface area contributed by atoms with Gasteiger partial charge in [0, 0.05) is 23.1 Å². The number of rotatable bonds is 9. The van der Waals surface area contributed by atoms with Gasteiger partial charge < -0.3 is 16.7 Å². The topological polar surface area (TPSA) is 177 Å². The van der Waals surface area contributed by atoms with Crippen molar-refractivity contribution in [1.82, 2.24) is 15.0 Å². The van der Waals surface area contributed by atoms with Gasteiger partial charge in [-0.25, -0.2) is 9.97 Å². The number of hydrogen-bond donors (Lipinski definition) is 3. The molecular formula is C25H26N8O2. The highest BCUT2D eigenvalue weighted by molar-refractivity contribution is 6.37. The predicted molar refractivity (Wildman–Crippen MR) is 134 cm³/mol. The third kappa shape index (κ3) is 6.68. The van der Waals surface area contributed by atoms with E-state index in [0.29, 0.717) is 34.6 Å². The zero-order valence-electron chi connectivity index (χ0n) is 19.5. The number of nitriles is 1. The number of aromatic nitrogens is 3. The van der Waals surface area contributed by atoms with Crippen LogP contribution in [0.15, 0.2) is 58.6 Å². The van der Waals surface area contributed by atoms with Crippen molar-refractivity contribution in [2.24, 2.45) is 15.9 Å². The number of aliphatic carboxylic acids is 1. The molecule has 0 unspecified atom stereocenters. The molecule has 0 atom stereocenters. The quantitative estimate of drug-likeness (QED) is 0.243. The summed E-state index contributed by atoms with van der Waals surface area (Å²) in [6.45, 7) is 4.20. The van der Waals surface area contributed by atoms with Crippen LogP contribution in [-0.2, 0) is 16.8 Å². The lowest BCUT2D eigenvalue weighted by molar-refractivity contribution is -0.137. The second-order valence-electron chi connectivity index (χ2n) is 8.47. The fourth-order valence-electron chi connectivity index (χ4n) is 3.38. The summed E-state index contributed by atoms with van der Waals surface area (Å²) in [5.41, 5.74) is 9.45. The van der Waals surface area contributed by atoms with E-state index in [2.05, 4.69) is 31.1 Å². The second kappa shape index (κ2) is 11.0. The smallest absolute Gasteiger partial charge is 0.303 e. The van der Waals surface area contributed by atoms with E-state index < -0.39 is 5.97 Å². The minimum Gasteiger partial charge on any atom is -0.481 e. The zero-order valence-corrected chi connectivity index (χ0v) is 19.5. The molecule has 5 N–H and O–H groups in total. The number of carbonyl (C=O) groups is 1. The molecule has 0 fully saturated rings. The lowest BCUT2D eigenvalue weighted by atomic mass is 9.84. The number of carboxylic acid groups (broad SMARTS) is 1. The zero-order chi connectivity index (χ0) is 25.4. The lowest BCUT2D eigenvalue weighted by Gasteiger charge is -2.23. The Balaban J connectivity index is 1.79. The molecule has 10 nitrogen and oxygen atoms in total. The van der Waals surface area contributed by atoms with E-state index in [1.54, 1.807) is 24.3 Å². The van der Waals surface area contributed by atoms with Gasteiger partial charge in [0.05, 0.1) is 41.5 Å². The molecule has 10 heteroatoms. The Morgan fingerprint density at radius 3 is 2.66 bits per heavy atom. The van der Waals surface area contributed by atoms with Crippen molar-refractivity contribution in [3.63, 3.8) is 0 Å². The SMILES string of the molecule is CC(C)(CCC(=O)O)c1cccc(CN=C/C(=N\N)c2cc(-c3cccc(C#N)c3)nc(N)n2)n1. The van der Waals surface area contributed by atoms with E-state index in [-0.39, 0.29) is 24.3 Å². The van der Waals surface area contributed by atoms with Crippen LogP contribution >= 0.6 is 0 Å². The van der Waals surface area contributed by atoms with Crippen LogP contribution in [0, 0.1) is 11.3 Å². The number of aliphatic imine (C=N–C) groups is 1. The molecular weight excluding hydrogens is 444 g/mol. The summed E-state index contributed by atoms with van der Waals surface area (Å²) in [6.07, 6.45) is 2.03. The molecule has 2 heterocycles. The average molecular weight is 471 g/mol. The molecule has 1 aromatic carbocycles. The molecule has 0 saturated carbocycles. The van der Waals surface area contributed by atoms with E-state index in [0.717, 1.165) is 11.4 Å². The summed E-state index contributed by atoms with van der Waals surface area (Å²) in [6, 6.07) is 16.4. The van der Waals surface area contributed by atoms with Crippen LogP contribution in [0.4, 0.5) is 5.95 Å². The molecule has 3 aromatic rings. The van der Waals surface area contributed by atoms with Crippen molar-refractivity contribution < 1.29 is 9.90 Å². The third-order valence-corrected chi connectivity index (χ3v) is 5.36. The van der Waals surface area contributed by atoms with Crippen LogP contribution in [0.1, 0.15) is 49.3 Å². The maximum absolute atomic E-state index is 11.0. The Morgan fingerprint density at radius 2 is 1.94 bits per heavy atom. The summed E-state index contributed by atoms with van der Waals surface area (Å²) in [7, 11) is 0. The number of hydrogen-bond acceptors (Lipinski definition) is 9. The van der Waals surface area contributed by atoms with Gasteiger partial charge in [0.25, 0.3) is 0 Å². The number of carboxylic acids is 1. The summed E-state index contributed by atoms with van der Waals surface area (Å²) < 4.78 is 0. The maximum Gasteiger partial charge on any atom is 0.303 e. The number of nitrogen functional groups attached to an aromatic ring is 1. The first-order valence-electron chi connectivity index (χ1n) is 10.8. The molecule has 2 aromatic heterocycles. The van der Waals surface area contributed by atoms with E-state index >= 15 is 0 Å². The number of benzene rings is 1. The molecule has 178 valence electrons. The van der Waals surface area contributed by atoms with Crippen molar-refractivity contribution in [2.75, 3.05) is 5.73 Å². The molecule has 0 bridgehead atoms. The summed E-state index contributed by atoms with van der Waals surface area (Å²) in [4.78, 5) is 28.5. The van der Waals surface area contributed by atoms with Crippen molar-refractivity contribution >= 4 is 23.8 Å². The second-order valence-corrected chi connectivity index (χ2v) is 8.47. The van der Waals surface area contributed by atoms with Gasteiger partial charge in [-0.15, -0.1) is 0 Å². The van der Waals surface area contributed by atoms with Crippen molar-refractivity contribution in [3.8, 4) is 17.3 Å². The fourth-order valence-corrected chi connectivity index (χ4v) is 3.38. The monoisotopic (exact) mass is 470 g/mol. The molecule has 3 rings (SSSR count). The van der Waals surface area contributed by atoms with Crippen LogP contribution in [0.3, 0.4) is 0 Å². The van der Waals surface area contributed by atoms with Crippen molar-refractivity contribution in [3.05, 3.63) is 71.2 Å². The highest BCUT2D eigenvalue weighted by Crippen LogP contribution is 2.27. The Morgan fingerprint density at radius 1 is 1.17 bits per heavy atom. The molecule has 0 radical (unpaired) electrons. The highest BCUT2D eigenvalue weighted by Gasteiger charge is 2.23. The van der Waals surface area contributed by atoms with E-state index in [1.807, 2.05) is 38.1 Å². The molecule has 0 aliphatic carbocycles. The standard InChI is InChI=1S/C25H26N8O2/c1-25(2,10-9-23(34)35)22-8-4-7-18(30-22)14-29-15-21(33-28)20-12-19(31-24(27)32-20)17-6-3-5-16(11-17)13-26/h3-8,11-12,15H,9-10,14,28H2,1-2H3,(H,34,35)(H2,27,31,32)/b29-15?,33-21+. The highest BCUT2D eigenvalue weighted by atomic mass is 16.4. The summed E-state index contributed by atoms with van der Waals surface area (Å²) in [5.74, 6) is 4.80. The average Bonchev–Trinajstić information content (AvgIpc) is 2.85. The van der Waals surface area contributed by atoms with Gasteiger partial charge in [-0.1, -0.05) is 32.0 Å². The van der Waals surface area contributed by atoms with Crippen LogP contribution in [0.5, 0.6) is 0 Å². The van der Waals surface area contributed by atoms with E-state index in [4.69, 9.17) is 21.9 Å². The normalized spacial score (nSPS) is 12.0. The Hall–Kier alpha value is -4.65. The fraction of sp³-hybridized carbons (Fsp3) is 0.240. The van der Waals surface area contributed by atoms with Gasteiger partial charge in [-0.3, -0.25) is 14.8 Å². The van der Waals surface area contributed by atoms with Gasteiger partial charge in [0.15, 0.2) is 0 Å². The maximum atomic E-state index is 11.0. The van der Waals surface area contributed by atoms with Crippen LogP contribution < -0.4 is 11.6 Å². The molecule has 0 spiro atoms. The number of hydrazone groups is 1. The summed E-state index contributed by atoms with van der Waals surface area (Å²) >= 11 is 0. The Bertz CT molecular complexity index is 1330. The Labute approximate surface area is 203 Å². The molecule has 35 heavy (non-hydrogen) atoms. The number of nitrogens with two attached hydrogens (primary N) is 2. The van der Waals surface area contributed by atoms with Crippen LogP contribution in [0.25, 0.3) is 11.3 Å². The van der Waals surface area contributed by atoms with Crippen molar-refractivity contribution in [1.29, 1.82) is 5.26 Å². The van der Waals surface area contributed by atoms with Crippen LogP contribution in [0.2, 0.25) is 0 Å². The van der Waals surface area contributed by atoms with E-state index in [1.165, 1.54) is 6.21 Å². The first kappa shape index (κ1) is 25.0. The number of nitrogens with zero attached hydrogens (tertiary/aromatic N) is 6. The van der Waals surface area contributed by atoms with Gasteiger partial charge in [0.2, 0.25) is 5.95 Å². The molecule has 0 aliphatic heterocycles. The van der Waals surface area contributed by atoms with Gasteiger partial charge in [0.1, 0.15) is 5.71 Å². The molecule has 0 aliphatic rings.